The highest BCUT2D eigenvalue weighted by molar-refractivity contribution is 7.89. The van der Waals surface area contributed by atoms with Gasteiger partial charge in [0.2, 0.25) is 20.0 Å². The van der Waals surface area contributed by atoms with E-state index in [0.717, 1.165) is 12.1 Å². The van der Waals surface area contributed by atoms with Crippen LogP contribution in [0.1, 0.15) is 27.6 Å². The van der Waals surface area contributed by atoms with Crippen molar-refractivity contribution in [2.45, 2.75) is 16.7 Å². The second kappa shape index (κ2) is 10.1. The Bertz CT molecular complexity index is 1130. The normalized spacial score (nSPS) is 11.2. The number of aldehydes is 1. The van der Waals surface area contributed by atoms with Gasteiger partial charge in [-0.3, -0.25) is 4.79 Å². The van der Waals surface area contributed by atoms with E-state index in [1.165, 1.54) is 24.3 Å². The van der Waals surface area contributed by atoms with E-state index in [1.54, 1.807) is 6.92 Å². The summed E-state index contributed by atoms with van der Waals surface area (Å²) in [5, 5.41) is 9.76. The van der Waals surface area contributed by atoms with E-state index >= 15 is 0 Å². The summed E-state index contributed by atoms with van der Waals surface area (Å²) in [7, 11) is -7.80. The molecule has 0 aliphatic carbocycles. The summed E-state index contributed by atoms with van der Waals surface area (Å²) in [4.78, 5) is 21.1. The predicted octanol–water partition coefficient (Wildman–Crippen LogP) is 1.96. The SMILES string of the molecule is CCOC(=O)c1ccc(Cl)c(S(N)(=O)=O)c1.NS(=O)(=O)c1cc(C=O)ccc1Cl. The standard InChI is InChI=1S/C9H10ClNO4S.C7H6ClNO3S/c1-2-15-9(12)6-3-4-7(10)8(5-6)16(11,13)14;8-6-2-1-5(4-10)3-7(6)13(9,11)12/h3-5H,2H2,1H3,(H2,11,13,14);1-4H,(H2,9,11,12). The highest BCUT2D eigenvalue weighted by Gasteiger charge is 2.16. The summed E-state index contributed by atoms with van der Waals surface area (Å²) in [6, 6.07) is 7.60. The van der Waals surface area contributed by atoms with Gasteiger partial charge in [-0.05, 0) is 37.3 Å². The number of nitrogens with two attached hydrogens (primary N) is 2. The molecule has 4 N–H and O–H groups in total. The van der Waals surface area contributed by atoms with Gasteiger partial charge in [0.05, 0.1) is 22.2 Å². The van der Waals surface area contributed by atoms with Crippen LogP contribution in [0, 0.1) is 0 Å². The smallest absolute Gasteiger partial charge is 0.338 e. The minimum Gasteiger partial charge on any atom is -0.462 e. The molecule has 0 unspecified atom stereocenters. The molecule has 0 saturated carbocycles. The fraction of sp³-hybridized carbons (Fsp3) is 0.125. The van der Waals surface area contributed by atoms with E-state index in [4.69, 9.17) is 38.2 Å². The van der Waals surface area contributed by atoms with Crippen LogP contribution in [0.2, 0.25) is 10.0 Å². The van der Waals surface area contributed by atoms with Crippen molar-refractivity contribution in [3.63, 3.8) is 0 Å². The number of carbonyl (C=O) groups is 2. The summed E-state index contributed by atoms with van der Waals surface area (Å²) >= 11 is 11.2. The van der Waals surface area contributed by atoms with Gasteiger partial charge in [-0.15, -0.1) is 0 Å². The Morgan fingerprint density at radius 3 is 1.90 bits per heavy atom. The summed E-state index contributed by atoms with van der Waals surface area (Å²) in [5.41, 5.74) is 0.309. The number of benzene rings is 2. The molecular weight excluding hydrogens is 467 g/mol. The number of rotatable bonds is 5. The number of sulfonamides is 2. The van der Waals surface area contributed by atoms with Crippen molar-refractivity contribution in [3.8, 4) is 0 Å². The molecule has 0 aliphatic rings. The highest BCUT2D eigenvalue weighted by Crippen LogP contribution is 2.22. The first-order valence-electron chi connectivity index (χ1n) is 7.58. The number of carbonyl (C=O) groups excluding carboxylic acids is 2. The Hall–Kier alpha value is -2.02. The van der Waals surface area contributed by atoms with Crippen molar-refractivity contribution in [2.75, 3.05) is 6.61 Å². The number of esters is 1. The number of hydrogen-bond donors (Lipinski definition) is 2. The van der Waals surface area contributed by atoms with Crippen molar-refractivity contribution in [3.05, 3.63) is 57.6 Å². The molecule has 0 spiro atoms. The Balaban J connectivity index is 0.000000296. The second-order valence-electron chi connectivity index (χ2n) is 5.26. The van der Waals surface area contributed by atoms with Crippen molar-refractivity contribution in [1.29, 1.82) is 0 Å². The monoisotopic (exact) mass is 482 g/mol. The van der Waals surface area contributed by atoms with E-state index < -0.39 is 26.0 Å². The Morgan fingerprint density at radius 2 is 1.45 bits per heavy atom. The zero-order valence-electron chi connectivity index (χ0n) is 14.8. The molecule has 2 rings (SSSR count). The first kappa shape index (κ1) is 25.0. The van der Waals surface area contributed by atoms with Gasteiger partial charge in [0, 0.05) is 5.56 Å². The van der Waals surface area contributed by atoms with Crippen molar-refractivity contribution >= 4 is 55.5 Å². The number of ether oxygens (including phenoxy) is 1. The molecule has 158 valence electrons. The van der Waals surface area contributed by atoms with E-state index in [1.807, 2.05) is 0 Å². The molecule has 0 radical (unpaired) electrons. The average molecular weight is 483 g/mol. The fourth-order valence-corrected chi connectivity index (χ4v) is 4.03. The summed E-state index contributed by atoms with van der Waals surface area (Å²) < 4.78 is 48.8. The highest BCUT2D eigenvalue weighted by atomic mass is 35.5. The third-order valence-electron chi connectivity index (χ3n) is 3.15. The van der Waals surface area contributed by atoms with Crippen LogP contribution in [0.3, 0.4) is 0 Å². The lowest BCUT2D eigenvalue weighted by atomic mass is 10.2. The largest absolute Gasteiger partial charge is 0.462 e. The van der Waals surface area contributed by atoms with Crippen LogP contribution in [-0.4, -0.2) is 35.7 Å². The third-order valence-corrected chi connectivity index (χ3v) is 5.93. The van der Waals surface area contributed by atoms with E-state index in [-0.39, 0.29) is 37.6 Å². The van der Waals surface area contributed by atoms with Crippen LogP contribution in [-0.2, 0) is 24.8 Å². The van der Waals surface area contributed by atoms with Gasteiger partial charge in [-0.1, -0.05) is 29.3 Å². The molecule has 2 aromatic carbocycles. The molecule has 0 fully saturated rings. The molecule has 29 heavy (non-hydrogen) atoms. The Morgan fingerprint density at radius 1 is 0.966 bits per heavy atom. The number of halogens is 2. The summed E-state index contributed by atoms with van der Waals surface area (Å²) in [6.07, 6.45) is 0.519. The van der Waals surface area contributed by atoms with Gasteiger partial charge < -0.3 is 4.74 Å². The van der Waals surface area contributed by atoms with Gasteiger partial charge >= 0.3 is 5.97 Å². The molecule has 9 nitrogen and oxygen atoms in total. The Kier molecular flexibility index (Phi) is 8.75. The molecule has 0 aromatic heterocycles. The van der Waals surface area contributed by atoms with Gasteiger partial charge in [-0.25, -0.2) is 31.9 Å². The van der Waals surface area contributed by atoms with E-state index in [0.29, 0.717) is 6.29 Å². The predicted molar refractivity (Wildman–Crippen MR) is 107 cm³/mol. The maximum absolute atomic E-state index is 11.3. The topological polar surface area (TPSA) is 164 Å². The van der Waals surface area contributed by atoms with Crippen LogP contribution in [0.4, 0.5) is 0 Å². The van der Waals surface area contributed by atoms with Crippen LogP contribution in [0.25, 0.3) is 0 Å². The van der Waals surface area contributed by atoms with Crippen molar-refractivity contribution < 1.29 is 31.2 Å². The minimum atomic E-state index is -3.94. The third kappa shape index (κ3) is 7.38. The molecule has 0 atom stereocenters. The van der Waals surface area contributed by atoms with Crippen LogP contribution < -0.4 is 10.3 Å². The van der Waals surface area contributed by atoms with E-state index in [2.05, 4.69) is 0 Å². The van der Waals surface area contributed by atoms with Crippen molar-refractivity contribution in [1.82, 2.24) is 0 Å². The molecule has 2 aromatic rings. The molecule has 0 amide bonds. The second-order valence-corrected chi connectivity index (χ2v) is 9.14. The number of primary sulfonamides is 2. The molecule has 0 saturated heterocycles. The zero-order chi connectivity index (χ0) is 22.4. The van der Waals surface area contributed by atoms with Crippen LogP contribution in [0.5, 0.6) is 0 Å². The van der Waals surface area contributed by atoms with Crippen LogP contribution in [0.15, 0.2) is 46.2 Å². The van der Waals surface area contributed by atoms with Gasteiger partial charge in [0.15, 0.2) is 0 Å². The lowest BCUT2D eigenvalue weighted by Crippen LogP contribution is -2.14. The zero-order valence-corrected chi connectivity index (χ0v) is 18.0. The van der Waals surface area contributed by atoms with Gasteiger partial charge in [0.1, 0.15) is 16.1 Å². The first-order chi connectivity index (χ1) is 13.3. The maximum atomic E-state index is 11.3. The maximum Gasteiger partial charge on any atom is 0.338 e. The minimum absolute atomic E-state index is 0.00750. The number of hydrogen-bond acceptors (Lipinski definition) is 7. The van der Waals surface area contributed by atoms with Crippen LogP contribution >= 0.6 is 23.2 Å². The molecule has 0 heterocycles. The molecule has 0 bridgehead atoms. The first-order valence-corrected chi connectivity index (χ1v) is 11.4. The quantitative estimate of drug-likeness (QED) is 0.485. The summed E-state index contributed by atoms with van der Waals surface area (Å²) in [5.74, 6) is -0.621. The lowest BCUT2D eigenvalue weighted by Gasteiger charge is -2.05. The average Bonchev–Trinajstić information content (AvgIpc) is 2.61. The van der Waals surface area contributed by atoms with E-state index in [9.17, 15) is 26.4 Å². The summed E-state index contributed by atoms with van der Waals surface area (Å²) in [6.45, 7) is 1.85. The van der Waals surface area contributed by atoms with Gasteiger partial charge in [0.25, 0.3) is 0 Å². The lowest BCUT2D eigenvalue weighted by molar-refractivity contribution is 0.0526. The van der Waals surface area contributed by atoms with Gasteiger partial charge in [-0.2, -0.15) is 0 Å². The fourth-order valence-electron chi connectivity index (χ4n) is 1.87. The molecular formula is C16H16Cl2N2O7S2. The van der Waals surface area contributed by atoms with Crippen molar-refractivity contribution in [2.24, 2.45) is 10.3 Å². The molecule has 0 aliphatic heterocycles. The Labute approximate surface area is 177 Å². The molecule has 13 heteroatoms.